The van der Waals surface area contributed by atoms with E-state index < -0.39 is 0 Å². The highest BCUT2D eigenvalue weighted by atomic mass is 32.2. The third kappa shape index (κ3) is 3.09. The van der Waals surface area contributed by atoms with E-state index in [-0.39, 0.29) is 12.7 Å². The number of benzene rings is 2. The van der Waals surface area contributed by atoms with Crippen molar-refractivity contribution >= 4 is 60.8 Å². The van der Waals surface area contributed by atoms with Crippen LogP contribution in [-0.4, -0.2) is 34.3 Å². The van der Waals surface area contributed by atoms with Gasteiger partial charge in [-0.1, -0.05) is 23.5 Å². The van der Waals surface area contributed by atoms with Crippen LogP contribution in [0.3, 0.4) is 0 Å². The molecule has 0 saturated carbocycles. The van der Waals surface area contributed by atoms with Crippen LogP contribution in [0.5, 0.6) is 11.5 Å². The third-order valence-corrected chi connectivity index (χ3v) is 7.03. The van der Waals surface area contributed by atoms with E-state index in [1.807, 2.05) is 36.4 Å². The molecule has 0 bridgehead atoms. The smallest absolute Gasteiger partial charge is 0.308 e. The van der Waals surface area contributed by atoms with E-state index in [9.17, 15) is 4.79 Å². The molecule has 1 aliphatic heterocycles. The van der Waals surface area contributed by atoms with Crippen LogP contribution in [0.15, 0.2) is 41.4 Å². The molecule has 3 heterocycles. The summed E-state index contributed by atoms with van der Waals surface area (Å²) in [7, 11) is 0. The number of hydrogen-bond donors (Lipinski definition) is 0. The van der Waals surface area contributed by atoms with Crippen molar-refractivity contribution in [3.63, 3.8) is 0 Å². The van der Waals surface area contributed by atoms with Gasteiger partial charge in [-0.15, -0.1) is 11.3 Å². The van der Waals surface area contributed by atoms with E-state index in [2.05, 4.69) is 20.8 Å². The normalized spacial score (nSPS) is 13.7. The average molecular weight is 430 g/mol. The molecule has 2 aromatic heterocycles. The Morgan fingerprint density at radius 2 is 2.04 bits per heavy atom. The van der Waals surface area contributed by atoms with Gasteiger partial charge in [0.2, 0.25) is 6.79 Å². The fraction of sp³-hybridized carbons (Fsp3) is 0.211. The quantitative estimate of drug-likeness (QED) is 0.488. The van der Waals surface area contributed by atoms with E-state index >= 15 is 0 Å². The minimum absolute atomic E-state index is 0.241. The molecule has 0 fully saturated rings. The second-order valence-corrected chi connectivity index (χ2v) is 9.13. The minimum atomic E-state index is -0.314. The van der Waals surface area contributed by atoms with Crippen LogP contribution in [-0.2, 0) is 6.54 Å². The van der Waals surface area contributed by atoms with Gasteiger partial charge < -0.3 is 14.0 Å². The Balaban J connectivity index is 1.62. The van der Waals surface area contributed by atoms with Crippen LogP contribution < -0.4 is 14.3 Å². The van der Waals surface area contributed by atoms with Crippen LogP contribution in [0, 0.1) is 0 Å². The third-order valence-electron chi connectivity index (χ3n) is 4.37. The molecule has 5 rings (SSSR count). The molecule has 2 aromatic carbocycles. The zero-order valence-electron chi connectivity index (χ0n) is 14.9. The molecule has 0 atom stereocenters. The summed E-state index contributed by atoms with van der Waals surface area (Å²) in [5.74, 6) is 2.07. The molecular weight excluding hydrogens is 414 g/mol. The number of fused-ring (bicyclic) bond motifs is 3. The van der Waals surface area contributed by atoms with Gasteiger partial charge in [-0.2, -0.15) is 16.8 Å². The SMILES string of the molecule is CSCCn1c(=NC(=O)c2nc3ccccc3s2)sc2cc3c(cc21)OCO3. The number of thioether (sulfide) groups is 1. The molecule has 9 heteroatoms. The van der Waals surface area contributed by atoms with Gasteiger partial charge in [0.25, 0.3) is 0 Å². The topological polar surface area (TPSA) is 65.7 Å². The molecule has 28 heavy (non-hydrogen) atoms. The van der Waals surface area contributed by atoms with Crippen molar-refractivity contribution in [2.24, 2.45) is 4.99 Å². The van der Waals surface area contributed by atoms with Crippen molar-refractivity contribution in [3.8, 4) is 11.5 Å². The number of carbonyl (C=O) groups is 1. The standard InChI is InChI=1S/C19H15N3O3S3/c1-26-7-6-22-12-8-13-14(25-10-24-13)9-16(12)28-19(22)21-17(23)18-20-11-4-2-3-5-15(11)27-18/h2-5,8-9H,6-7,10H2,1H3. The molecule has 0 aliphatic carbocycles. The zero-order chi connectivity index (χ0) is 19.1. The number of aromatic nitrogens is 2. The van der Waals surface area contributed by atoms with Crippen LogP contribution in [0.4, 0.5) is 0 Å². The lowest BCUT2D eigenvalue weighted by Gasteiger charge is -2.04. The summed E-state index contributed by atoms with van der Waals surface area (Å²) in [6, 6.07) is 11.7. The Morgan fingerprint density at radius 1 is 1.21 bits per heavy atom. The summed E-state index contributed by atoms with van der Waals surface area (Å²) in [5.41, 5.74) is 1.82. The second-order valence-electron chi connectivity index (χ2n) is 6.11. The van der Waals surface area contributed by atoms with Crippen LogP contribution >= 0.6 is 34.4 Å². The number of ether oxygens (including phenoxy) is 2. The van der Waals surface area contributed by atoms with Crippen LogP contribution in [0.1, 0.15) is 9.80 Å². The first-order valence-corrected chi connectivity index (χ1v) is 11.6. The van der Waals surface area contributed by atoms with Gasteiger partial charge in [0.05, 0.1) is 20.4 Å². The lowest BCUT2D eigenvalue weighted by molar-refractivity contribution is 0.0997. The Kier molecular flexibility index (Phi) is 4.58. The maximum absolute atomic E-state index is 12.8. The first kappa shape index (κ1) is 17.7. The number of rotatable bonds is 4. The van der Waals surface area contributed by atoms with Gasteiger partial charge in [0.1, 0.15) is 0 Å². The molecule has 0 spiro atoms. The summed E-state index contributed by atoms with van der Waals surface area (Å²) < 4.78 is 15.1. The fourth-order valence-corrected chi connectivity index (χ4v) is 5.32. The highest BCUT2D eigenvalue weighted by Crippen LogP contribution is 2.37. The highest BCUT2D eigenvalue weighted by molar-refractivity contribution is 7.98. The van der Waals surface area contributed by atoms with Crippen LogP contribution in [0.2, 0.25) is 0 Å². The summed E-state index contributed by atoms with van der Waals surface area (Å²) >= 11 is 4.60. The lowest BCUT2D eigenvalue weighted by atomic mass is 10.3. The predicted molar refractivity (Wildman–Crippen MR) is 114 cm³/mol. The maximum atomic E-state index is 12.8. The van der Waals surface area contributed by atoms with Gasteiger partial charge in [-0.25, -0.2) is 4.98 Å². The van der Waals surface area contributed by atoms with E-state index in [1.54, 1.807) is 11.8 Å². The molecule has 1 amide bonds. The summed E-state index contributed by atoms with van der Waals surface area (Å²) in [4.78, 5) is 22.3. The van der Waals surface area contributed by atoms with Crippen LogP contribution in [0.25, 0.3) is 20.4 Å². The molecule has 0 radical (unpaired) electrons. The van der Waals surface area contributed by atoms with Crippen molar-refractivity contribution in [2.75, 3.05) is 18.8 Å². The zero-order valence-corrected chi connectivity index (χ0v) is 17.3. The van der Waals surface area contributed by atoms with Crippen molar-refractivity contribution in [1.82, 2.24) is 9.55 Å². The summed E-state index contributed by atoms with van der Waals surface area (Å²) in [5, 5.41) is 0.407. The highest BCUT2D eigenvalue weighted by Gasteiger charge is 2.18. The van der Waals surface area contributed by atoms with Gasteiger partial charge in [-0.3, -0.25) is 4.79 Å². The molecule has 1 aliphatic rings. The first-order chi connectivity index (χ1) is 13.7. The summed E-state index contributed by atoms with van der Waals surface area (Å²) in [6.45, 7) is 0.998. The average Bonchev–Trinajstić information content (AvgIpc) is 3.40. The van der Waals surface area contributed by atoms with E-state index in [0.29, 0.717) is 9.81 Å². The van der Waals surface area contributed by atoms with E-state index in [4.69, 9.17) is 9.47 Å². The van der Waals surface area contributed by atoms with Crippen molar-refractivity contribution < 1.29 is 14.3 Å². The molecule has 4 aromatic rings. The Labute approximate surface area is 172 Å². The second kappa shape index (κ2) is 7.23. The maximum Gasteiger partial charge on any atom is 0.308 e. The minimum Gasteiger partial charge on any atom is -0.454 e. The Bertz CT molecular complexity index is 1240. The molecule has 6 nitrogen and oxygen atoms in total. The Morgan fingerprint density at radius 3 is 2.86 bits per heavy atom. The number of carbonyl (C=O) groups excluding carboxylic acids is 1. The Hall–Kier alpha value is -2.36. The summed E-state index contributed by atoms with van der Waals surface area (Å²) in [6.07, 6.45) is 2.06. The van der Waals surface area contributed by atoms with Gasteiger partial charge in [-0.05, 0) is 18.4 Å². The van der Waals surface area contributed by atoms with Gasteiger partial charge in [0.15, 0.2) is 21.3 Å². The van der Waals surface area contributed by atoms with Crippen molar-refractivity contribution in [1.29, 1.82) is 0 Å². The number of amides is 1. The van der Waals surface area contributed by atoms with E-state index in [0.717, 1.165) is 44.2 Å². The molecule has 0 saturated heterocycles. The number of thiazole rings is 2. The van der Waals surface area contributed by atoms with Gasteiger partial charge in [0, 0.05) is 24.4 Å². The molecular formula is C19H15N3O3S3. The van der Waals surface area contributed by atoms with E-state index in [1.165, 1.54) is 22.7 Å². The largest absolute Gasteiger partial charge is 0.454 e. The number of aryl methyl sites for hydroxylation is 1. The van der Waals surface area contributed by atoms with Crippen molar-refractivity contribution in [2.45, 2.75) is 6.54 Å². The molecule has 0 unspecified atom stereocenters. The number of hydrogen-bond acceptors (Lipinski definition) is 7. The van der Waals surface area contributed by atoms with Gasteiger partial charge >= 0.3 is 5.91 Å². The number of para-hydroxylation sites is 1. The predicted octanol–water partition coefficient (Wildman–Crippen LogP) is 4.15. The fourth-order valence-electron chi connectivity index (χ4n) is 3.04. The first-order valence-electron chi connectivity index (χ1n) is 8.59. The molecule has 0 N–H and O–H groups in total. The van der Waals surface area contributed by atoms with Crippen molar-refractivity contribution in [3.05, 3.63) is 46.2 Å². The molecule has 142 valence electrons. The lowest BCUT2D eigenvalue weighted by Crippen LogP contribution is -2.18. The monoisotopic (exact) mass is 429 g/mol. The number of nitrogens with zero attached hydrogens (tertiary/aromatic N) is 3.